The number of carbonyl (C=O) groups is 1. The van der Waals surface area contributed by atoms with E-state index in [1.165, 1.54) is 29.3 Å². The SMILES string of the molecule is C[C@H](Nc1nccc(N2C(=O)OC[C@@H]2[C@@H](C)O)n1)c1ccc(Br)c(F)c1F. The van der Waals surface area contributed by atoms with E-state index < -0.39 is 35.9 Å². The quantitative estimate of drug-likeness (QED) is 0.689. The molecule has 27 heavy (non-hydrogen) atoms. The third-order valence-corrected chi connectivity index (χ3v) is 4.84. The van der Waals surface area contributed by atoms with E-state index in [1.54, 1.807) is 13.8 Å². The fourth-order valence-electron chi connectivity index (χ4n) is 2.75. The van der Waals surface area contributed by atoms with Gasteiger partial charge in [0.05, 0.1) is 16.6 Å². The first kappa shape index (κ1) is 19.4. The number of rotatable bonds is 5. The minimum Gasteiger partial charge on any atom is -0.447 e. The summed E-state index contributed by atoms with van der Waals surface area (Å²) in [6.07, 6.45) is -0.0261. The smallest absolute Gasteiger partial charge is 0.416 e. The highest BCUT2D eigenvalue weighted by atomic mass is 79.9. The van der Waals surface area contributed by atoms with Gasteiger partial charge in [0, 0.05) is 11.8 Å². The number of nitrogens with one attached hydrogen (secondary N) is 1. The molecule has 10 heteroatoms. The van der Waals surface area contributed by atoms with Crippen molar-refractivity contribution in [2.75, 3.05) is 16.8 Å². The number of ether oxygens (including phenoxy) is 1. The highest BCUT2D eigenvalue weighted by Crippen LogP contribution is 2.28. The van der Waals surface area contributed by atoms with Gasteiger partial charge < -0.3 is 15.2 Å². The van der Waals surface area contributed by atoms with Gasteiger partial charge in [0.15, 0.2) is 11.6 Å². The van der Waals surface area contributed by atoms with Crippen LogP contribution in [0.25, 0.3) is 0 Å². The van der Waals surface area contributed by atoms with Gasteiger partial charge in [0.25, 0.3) is 0 Å². The van der Waals surface area contributed by atoms with E-state index >= 15 is 0 Å². The lowest BCUT2D eigenvalue weighted by Crippen LogP contribution is -2.41. The lowest BCUT2D eigenvalue weighted by Gasteiger charge is -2.23. The van der Waals surface area contributed by atoms with Crippen molar-refractivity contribution < 1.29 is 23.4 Å². The lowest BCUT2D eigenvalue weighted by molar-refractivity contribution is 0.142. The first-order chi connectivity index (χ1) is 12.8. The van der Waals surface area contributed by atoms with Crippen LogP contribution in [-0.4, -0.2) is 39.9 Å². The van der Waals surface area contributed by atoms with Gasteiger partial charge in [-0.2, -0.15) is 4.98 Å². The molecule has 1 amide bonds. The van der Waals surface area contributed by atoms with E-state index in [0.29, 0.717) is 0 Å². The molecule has 0 saturated carbocycles. The van der Waals surface area contributed by atoms with Crippen LogP contribution in [0.15, 0.2) is 28.9 Å². The minimum atomic E-state index is -0.976. The Morgan fingerprint density at radius 1 is 1.33 bits per heavy atom. The molecular weight excluding hydrogens is 426 g/mol. The lowest BCUT2D eigenvalue weighted by atomic mass is 10.1. The Hall–Kier alpha value is -2.33. The van der Waals surface area contributed by atoms with Crippen molar-refractivity contribution in [2.24, 2.45) is 0 Å². The van der Waals surface area contributed by atoms with E-state index in [-0.39, 0.29) is 28.4 Å². The molecule has 0 spiro atoms. The number of aliphatic hydroxyl groups excluding tert-OH is 1. The molecule has 3 rings (SSSR count). The van der Waals surface area contributed by atoms with Crippen molar-refractivity contribution in [3.05, 3.63) is 46.1 Å². The molecule has 3 atom stereocenters. The number of halogens is 3. The van der Waals surface area contributed by atoms with Crippen LogP contribution in [0, 0.1) is 11.6 Å². The molecule has 2 N–H and O–H groups in total. The second-order valence-electron chi connectivity index (χ2n) is 6.12. The average Bonchev–Trinajstić information content (AvgIpc) is 3.02. The van der Waals surface area contributed by atoms with Crippen molar-refractivity contribution in [2.45, 2.75) is 32.0 Å². The summed E-state index contributed by atoms with van der Waals surface area (Å²) in [5, 5.41) is 12.7. The van der Waals surface area contributed by atoms with Crippen molar-refractivity contribution in [3.63, 3.8) is 0 Å². The average molecular weight is 443 g/mol. The standard InChI is InChI=1S/C17H17BrF2N4O3/c1-8(10-3-4-11(18)15(20)14(10)19)22-16-21-6-5-13(23-16)24-12(9(2)25)7-27-17(24)26/h3-6,8-9,12,25H,7H2,1-2H3,(H,21,22,23)/t8-,9+,12+/m0/s1. The molecule has 1 aromatic heterocycles. The van der Waals surface area contributed by atoms with E-state index in [1.807, 2.05) is 0 Å². The number of aliphatic hydroxyl groups is 1. The van der Waals surface area contributed by atoms with Crippen LogP contribution in [0.5, 0.6) is 0 Å². The highest BCUT2D eigenvalue weighted by Gasteiger charge is 2.38. The van der Waals surface area contributed by atoms with E-state index in [9.17, 15) is 18.7 Å². The predicted molar refractivity (Wildman–Crippen MR) is 97.4 cm³/mol. The summed E-state index contributed by atoms with van der Waals surface area (Å²) in [5.74, 6) is -1.60. The van der Waals surface area contributed by atoms with Crippen LogP contribution in [0.2, 0.25) is 0 Å². The number of hydrogen-bond acceptors (Lipinski definition) is 6. The van der Waals surface area contributed by atoms with Gasteiger partial charge >= 0.3 is 6.09 Å². The van der Waals surface area contributed by atoms with Crippen LogP contribution in [0.1, 0.15) is 25.5 Å². The van der Waals surface area contributed by atoms with E-state index in [2.05, 4.69) is 31.2 Å². The van der Waals surface area contributed by atoms with Crippen molar-refractivity contribution in [3.8, 4) is 0 Å². The van der Waals surface area contributed by atoms with Gasteiger partial charge in [0.1, 0.15) is 18.5 Å². The number of carbonyl (C=O) groups excluding carboxylic acids is 1. The van der Waals surface area contributed by atoms with Gasteiger partial charge in [-0.25, -0.2) is 18.6 Å². The Labute approximate surface area is 162 Å². The number of nitrogens with zero attached hydrogens (tertiary/aromatic N) is 3. The van der Waals surface area contributed by atoms with Crippen LogP contribution in [0.3, 0.4) is 0 Å². The minimum absolute atomic E-state index is 0.0332. The Morgan fingerprint density at radius 2 is 2.07 bits per heavy atom. The number of hydrogen-bond donors (Lipinski definition) is 2. The van der Waals surface area contributed by atoms with Crippen molar-refractivity contribution in [1.82, 2.24) is 9.97 Å². The van der Waals surface area contributed by atoms with Gasteiger partial charge in [-0.15, -0.1) is 0 Å². The van der Waals surface area contributed by atoms with E-state index in [4.69, 9.17) is 4.74 Å². The molecule has 1 aromatic carbocycles. The fourth-order valence-corrected chi connectivity index (χ4v) is 3.06. The summed E-state index contributed by atoms with van der Waals surface area (Å²) in [5.41, 5.74) is 0.104. The van der Waals surface area contributed by atoms with Crippen LogP contribution in [-0.2, 0) is 4.74 Å². The number of amides is 1. The normalized spacial score (nSPS) is 19.0. The maximum Gasteiger partial charge on any atom is 0.416 e. The monoisotopic (exact) mass is 442 g/mol. The third kappa shape index (κ3) is 3.86. The van der Waals surface area contributed by atoms with Gasteiger partial charge in [-0.1, -0.05) is 6.07 Å². The van der Waals surface area contributed by atoms with Crippen molar-refractivity contribution >= 4 is 33.8 Å². The molecule has 1 aliphatic rings. The molecule has 0 aliphatic carbocycles. The van der Waals surface area contributed by atoms with Gasteiger partial charge in [0.2, 0.25) is 5.95 Å². The molecule has 144 valence electrons. The summed E-state index contributed by atoms with van der Waals surface area (Å²) in [6, 6.07) is 3.15. The number of aromatic nitrogens is 2. The molecule has 0 unspecified atom stereocenters. The highest BCUT2D eigenvalue weighted by molar-refractivity contribution is 9.10. The predicted octanol–water partition coefficient (Wildman–Crippen LogP) is 3.40. The summed E-state index contributed by atoms with van der Waals surface area (Å²) in [4.78, 5) is 21.5. The number of cyclic esters (lactones) is 1. The Morgan fingerprint density at radius 3 is 2.78 bits per heavy atom. The summed E-state index contributed by atoms with van der Waals surface area (Å²) < 4.78 is 32.9. The Balaban J connectivity index is 1.84. The summed E-state index contributed by atoms with van der Waals surface area (Å²) >= 11 is 2.94. The van der Waals surface area contributed by atoms with E-state index in [0.717, 1.165) is 0 Å². The molecule has 7 nitrogen and oxygen atoms in total. The zero-order valence-corrected chi connectivity index (χ0v) is 16.1. The number of anilines is 2. The fraction of sp³-hybridized carbons (Fsp3) is 0.353. The first-order valence-electron chi connectivity index (χ1n) is 8.16. The van der Waals surface area contributed by atoms with Gasteiger partial charge in [-0.3, -0.25) is 4.90 Å². The second-order valence-corrected chi connectivity index (χ2v) is 6.98. The summed E-state index contributed by atoms with van der Waals surface area (Å²) in [7, 11) is 0. The molecular formula is C17H17BrF2N4O3. The van der Waals surface area contributed by atoms with Gasteiger partial charge in [-0.05, 0) is 41.9 Å². The zero-order chi connectivity index (χ0) is 19.7. The molecule has 1 aliphatic heterocycles. The first-order valence-corrected chi connectivity index (χ1v) is 8.96. The largest absolute Gasteiger partial charge is 0.447 e. The molecule has 2 aromatic rings. The number of benzene rings is 1. The topological polar surface area (TPSA) is 87.6 Å². The maximum absolute atomic E-state index is 14.1. The molecule has 0 radical (unpaired) electrons. The third-order valence-electron chi connectivity index (χ3n) is 4.23. The van der Waals surface area contributed by atoms with Crippen LogP contribution < -0.4 is 10.2 Å². The molecule has 1 saturated heterocycles. The molecule has 1 fully saturated rings. The van der Waals surface area contributed by atoms with Crippen LogP contribution in [0.4, 0.5) is 25.3 Å². The molecule has 0 bridgehead atoms. The second kappa shape index (κ2) is 7.73. The van der Waals surface area contributed by atoms with Crippen LogP contribution >= 0.6 is 15.9 Å². The molecule has 2 heterocycles. The Kier molecular flexibility index (Phi) is 5.56. The maximum atomic E-state index is 14.1. The summed E-state index contributed by atoms with van der Waals surface area (Å²) in [6.45, 7) is 3.22. The Bertz CT molecular complexity index is 868. The van der Waals surface area contributed by atoms with Crippen molar-refractivity contribution in [1.29, 1.82) is 0 Å². The zero-order valence-electron chi connectivity index (χ0n) is 14.5.